The summed E-state index contributed by atoms with van der Waals surface area (Å²) >= 11 is 5.98. The third-order valence-corrected chi connectivity index (χ3v) is 5.95. The van der Waals surface area contributed by atoms with Crippen LogP contribution in [0.3, 0.4) is 0 Å². The summed E-state index contributed by atoms with van der Waals surface area (Å²) in [5.41, 5.74) is 4.14. The van der Waals surface area contributed by atoms with E-state index in [0.717, 1.165) is 16.5 Å². The average molecular weight is 472 g/mol. The smallest absolute Gasteiger partial charge is 0.262 e. The summed E-state index contributed by atoms with van der Waals surface area (Å²) < 4.78 is 7.01. The minimum Gasteiger partial charge on any atom is -0.497 e. The van der Waals surface area contributed by atoms with Gasteiger partial charge in [-0.25, -0.2) is 0 Å². The summed E-state index contributed by atoms with van der Waals surface area (Å²) in [6, 6.07) is 21.4. The average Bonchev–Trinajstić information content (AvgIpc) is 3.11. The first kappa shape index (κ1) is 23.1. The fraction of sp³-hybridized carbons (Fsp3) is 0.148. The van der Waals surface area contributed by atoms with Crippen molar-refractivity contribution >= 4 is 40.0 Å². The second kappa shape index (κ2) is 9.82. The molecule has 1 amide bonds. The molecule has 0 bridgehead atoms. The van der Waals surface area contributed by atoms with E-state index in [-0.39, 0.29) is 18.2 Å². The molecule has 4 rings (SSSR count). The number of ether oxygens (including phenoxy) is 1. The molecule has 6 nitrogen and oxygen atoms in total. The molecule has 34 heavy (non-hydrogen) atoms. The Kier molecular flexibility index (Phi) is 6.67. The minimum absolute atomic E-state index is 0.0797. The molecule has 0 aliphatic rings. The number of aromatic nitrogens is 1. The van der Waals surface area contributed by atoms with Crippen molar-refractivity contribution in [2.24, 2.45) is 0 Å². The van der Waals surface area contributed by atoms with Crippen LogP contribution in [0, 0.1) is 18.3 Å². The summed E-state index contributed by atoms with van der Waals surface area (Å²) in [5.74, 6) is 0.222. The lowest BCUT2D eigenvalue weighted by Gasteiger charge is -2.09. The second-order valence-corrected chi connectivity index (χ2v) is 8.29. The van der Waals surface area contributed by atoms with Gasteiger partial charge < -0.3 is 10.1 Å². The monoisotopic (exact) mass is 471 g/mol. The maximum Gasteiger partial charge on any atom is 0.262 e. The lowest BCUT2D eigenvalue weighted by atomic mass is 10.1. The van der Waals surface area contributed by atoms with Gasteiger partial charge in [-0.3, -0.25) is 14.2 Å². The summed E-state index contributed by atoms with van der Waals surface area (Å²) in [5, 5.41) is 13.0. The Bertz CT molecular complexity index is 1420. The maximum atomic E-state index is 13.4. The number of methoxy groups -OCH3 is 1. The summed E-state index contributed by atoms with van der Waals surface area (Å²) in [6.45, 7) is 1.83. The quantitative estimate of drug-likeness (QED) is 0.399. The van der Waals surface area contributed by atoms with Gasteiger partial charge in [-0.2, -0.15) is 5.26 Å². The van der Waals surface area contributed by atoms with E-state index in [1.165, 1.54) is 0 Å². The van der Waals surface area contributed by atoms with E-state index in [1.54, 1.807) is 54.1 Å². The molecule has 0 atom stereocenters. The fourth-order valence-electron chi connectivity index (χ4n) is 3.96. The topological polar surface area (TPSA) is 84.1 Å². The Morgan fingerprint density at radius 1 is 1.06 bits per heavy atom. The van der Waals surface area contributed by atoms with E-state index >= 15 is 0 Å². The molecule has 4 aromatic rings. The van der Waals surface area contributed by atoms with Crippen LogP contribution in [0.4, 0.5) is 5.69 Å². The van der Waals surface area contributed by atoms with Crippen LogP contribution in [-0.4, -0.2) is 23.5 Å². The number of hydrogen-bond donors (Lipinski definition) is 1. The number of halogens is 1. The lowest BCUT2D eigenvalue weighted by Crippen LogP contribution is -2.16. The Morgan fingerprint density at radius 2 is 1.76 bits per heavy atom. The highest BCUT2D eigenvalue weighted by Crippen LogP contribution is 2.31. The van der Waals surface area contributed by atoms with Gasteiger partial charge in [0.15, 0.2) is 0 Å². The van der Waals surface area contributed by atoms with Gasteiger partial charge in [-0.1, -0.05) is 23.7 Å². The summed E-state index contributed by atoms with van der Waals surface area (Å²) in [7, 11) is 1.58. The first-order valence-electron chi connectivity index (χ1n) is 10.6. The molecule has 3 aromatic carbocycles. The predicted molar refractivity (Wildman–Crippen MR) is 133 cm³/mol. The van der Waals surface area contributed by atoms with E-state index in [4.69, 9.17) is 21.6 Å². The van der Waals surface area contributed by atoms with Crippen molar-refractivity contribution in [1.82, 2.24) is 4.57 Å². The molecule has 7 heteroatoms. The molecular formula is C27H22ClN3O3. The van der Waals surface area contributed by atoms with E-state index < -0.39 is 0 Å². The Hall–Kier alpha value is -4.08. The Labute approximate surface area is 202 Å². The van der Waals surface area contributed by atoms with Crippen LogP contribution in [-0.2, 0) is 17.6 Å². The van der Waals surface area contributed by atoms with Gasteiger partial charge in [0.05, 0.1) is 31.5 Å². The van der Waals surface area contributed by atoms with Crippen LogP contribution in [0.1, 0.15) is 27.2 Å². The number of rotatable bonds is 6. The van der Waals surface area contributed by atoms with Crippen molar-refractivity contribution in [2.45, 2.75) is 19.8 Å². The van der Waals surface area contributed by atoms with Gasteiger partial charge in [-0.05, 0) is 72.6 Å². The number of anilines is 1. The number of nitriles is 1. The molecule has 0 saturated heterocycles. The Morgan fingerprint density at radius 3 is 2.41 bits per heavy atom. The van der Waals surface area contributed by atoms with Crippen molar-refractivity contribution in [3.05, 3.63) is 94.1 Å². The van der Waals surface area contributed by atoms with E-state index in [2.05, 4.69) is 11.4 Å². The second-order valence-electron chi connectivity index (χ2n) is 7.85. The molecular weight excluding hydrogens is 450 g/mol. The van der Waals surface area contributed by atoms with Gasteiger partial charge in [-0.15, -0.1) is 0 Å². The molecule has 1 aromatic heterocycles. The lowest BCUT2D eigenvalue weighted by molar-refractivity contribution is -0.115. The van der Waals surface area contributed by atoms with Crippen LogP contribution < -0.4 is 10.1 Å². The molecule has 0 spiro atoms. The molecule has 0 fully saturated rings. The normalized spacial score (nSPS) is 10.6. The van der Waals surface area contributed by atoms with Crippen LogP contribution in [0.2, 0.25) is 5.02 Å². The zero-order valence-electron chi connectivity index (χ0n) is 18.8. The molecule has 0 aliphatic heterocycles. The van der Waals surface area contributed by atoms with Gasteiger partial charge >= 0.3 is 0 Å². The van der Waals surface area contributed by atoms with Crippen LogP contribution in [0.25, 0.3) is 10.9 Å². The first-order valence-corrected chi connectivity index (χ1v) is 11.0. The molecule has 0 saturated carbocycles. The number of carbonyl (C=O) groups is 2. The fourth-order valence-corrected chi connectivity index (χ4v) is 4.08. The highest BCUT2D eigenvalue weighted by molar-refractivity contribution is 6.30. The van der Waals surface area contributed by atoms with Crippen LogP contribution in [0.15, 0.2) is 66.7 Å². The number of hydrogen-bond acceptors (Lipinski definition) is 4. The number of fused-ring (bicyclic) bond motifs is 1. The van der Waals surface area contributed by atoms with Crippen molar-refractivity contribution < 1.29 is 14.3 Å². The molecule has 0 radical (unpaired) electrons. The first-order chi connectivity index (χ1) is 16.4. The standard InChI is InChI=1S/C27H22ClN3O3/c1-17-23(16-26(32)30-21-9-3-18(4-10-21)13-14-29)24-15-22(34-2)11-12-25(24)31(17)27(33)19-5-7-20(28)8-6-19/h3-12,15H,13,16H2,1-2H3,(H,30,32). The highest BCUT2D eigenvalue weighted by atomic mass is 35.5. The molecule has 1 heterocycles. The third-order valence-electron chi connectivity index (χ3n) is 5.69. The highest BCUT2D eigenvalue weighted by Gasteiger charge is 2.22. The number of benzene rings is 3. The van der Waals surface area contributed by atoms with E-state index in [1.807, 2.05) is 31.2 Å². The predicted octanol–water partition coefficient (Wildman–Crippen LogP) is 5.55. The number of amides is 1. The number of carbonyl (C=O) groups excluding carboxylic acids is 2. The molecule has 1 N–H and O–H groups in total. The SMILES string of the molecule is COc1ccc2c(c1)c(CC(=O)Nc1ccc(CC#N)cc1)c(C)n2C(=O)c1ccc(Cl)cc1. The number of nitrogens with zero attached hydrogens (tertiary/aromatic N) is 2. The van der Waals surface area contributed by atoms with Crippen molar-refractivity contribution in [3.8, 4) is 11.8 Å². The summed E-state index contributed by atoms with van der Waals surface area (Å²) in [6.07, 6.45) is 0.396. The molecule has 0 aliphatic carbocycles. The zero-order valence-corrected chi connectivity index (χ0v) is 19.5. The summed E-state index contributed by atoms with van der Waals surface area (Å²) in [4.78, 5) is 26.3. The number of nitrogens with one attached hydrogen (secondary N) is 1. The van der Waals surface area contributed by atoms with E-state index in [0.29, 0.717) is 39.7 Å². The largest absolute Gasteiger partial charge is 0.497 e. The zero-order chi connectivity index (χ0) is 24.2. The minimum atomic E-state index is -0.211. The third kappa shape index (κ3) is 4.66. The van der Waals surface area contributed by atoms with E-state index in [9.17, 15) is 9.59 Å². The van der Waals surface area contributed by atoms with Crippen molar-refractivity contribution in [1.29, 1.82) is 5.26 Å². The van der Waals surface area contributed by atoms with Crippen molar-refractivity contribution in [2.75, 3.05) is 12.4 Å². The maximum absolute atomic E-state index is 13.4. The Balaban J connectivity index is 1.69. The van der Waals surface area contributed by atoms with Crippen LogP contribution >= 0.6 is 11.6 Å². The van der Waals surface area contributed by atoms with Gasteiger partial charge in [0.1, 0.15) is 5.75 Å². The molecule has 0 unspecified atom stereocenters. The van der Waals surface area contributed by atoms with Gasteiger partial charge in [0, 0.05) is 27.4 Å². The van der Waals surface area contributed by atoms with Crippen molar-refractivity contribution in [3.63, 3.8) is 0 Å². The van der Waals surface area contributed by atoms with Crippen LogP contribution in [0.5, 0.6) is 5.75 Å². The molecule has 170 valence electrons. The van der Waals surface area contributed by atoms with Gasteiger partial charge in [0.2, 0.25) is 5.91 Å². The van der Waals surface area contributed by atoms with Gasteiger partial charge in [0.25, 0.3) is 5.91 Å².